The zero-order valence-corrected chi connectivity index (χ0v) is 17.7. The first-order valence-corrected chi connectivity index (χ1v) is 9.81. The molecule has 0 fully saturated rings. The summed E-state index contributed by atoms with van der Waals surface area (Å²) in [7, 11) is 0. The summed E-state index contributed by atoms with van der Waals surface area (Å²) >= 11 is 0. The summed E-state index contributed by atoms with van der Waals surface area (Å²) in [5, 5.41) is 4.53. The maximum atomic E-state index is 4.55. The van der Waals surface area contributed by atoms with E-state index in [0.717, 1.165) is 33.9 Å². The third-order valence-electron chi connectivity index (χ3n) is 5.93. The summed E-state index contributed by atoms with van der Waals surface area (Å²) in [5.41, 5.74) is 10.7. The van der Waals surface area contributed by atoms with Crippen LogP contribution in [0.4, 0.5) is 0 Å². The molecule has 4 rings (SSSR count). The van der Waals surface area contributed by atoms with Crippen LogP contribution >= 0.6 is 0 Å². The minimum atomic E-state index is 0.837. The summed E-state index contributed by atoms with van der Waals surface area (Å²) in [6.45, 7) is 14.7. The summed E-state index contributed by atoms with van der Waals surface area (Å²) < 4.78 is 4.22. The number of hydrogen-bond donors (Lipinski definition) is 0. The average molecular weight is 383 g/mol. The van der Waals surface area contributed by atoms with Crippen molar-refractivity contribution in [2.45, 2.75) is 34.6 Å². The van der Waals surface area contributed by atoms with E-state index in [1.807, 2.05) is 10.8 Å². The number of benzene rings is 2. The lowest BCUT2D eigenvalue weighted by atomic mass is 10.0. The number of rotatable bonds is 4. The Morgan fingerprint density at radius 3 is 2.21 bits per heavy atom. The summed E-state index contributed by atoms with van der Waals surface area (Å²) in [5.74, 6) is 0.837. The monoisotopic (exact) mass is 382 g/mol. The Morgan fingerprint density at radius 1 is 0.862 bits per heavy atom. The Bertz CT molecular complexity index is 1200. The first-order valence-electron chi connectivity index (χ1n) is 9.81. The number of nitrogens with zero attached hydrogens (tertiary/aromatic N) is 4. The molecule has 0 radical (unpaired) electrons. The van der Waals surface area contributed by atoms with Crippen molar-refractivity contribution in [2.24, 2.45) is 0 Å². The summed E-state index contributed by atoms with van der Waals surface area (Å²) in [4.78, 5) is 4.55. The van der Waals surface area contributed by atoms with Crippen molar-refractivity contribution in [1.82, 2.24) is 19.3 Å². The van der Waals surface area contributed by atoms with Crippen LogP contribution in [0.2, 0.25) is 0 Å². The molecule has 2 heterocycles. The molecule has 0 amide bonds. The van der Waals surface area contributed by atoms with Crippen LogP contribution in [0, 0.1) is 34.6 Å². The molecule has 4 nitrogen and oxygen atoms in total. The normalized spacial score (nSPS) is 11.1. The van der Waals surface area contributed by atoms with E-state index < -0.39 is 0 Å². The SMILES string of the molecule is C=Cc1ccc(-c2ncnn2-c2cccc(-n3c(C)c(C)c(C)c3C)c2)c(C)c1. The molecule has 4 heteroatoms. The predicted octanol–water partition coefficient (Wildman–Crippen LogP) is 5.91. The first-order chi connectivity index (χ1) is 13.9. The molecule has 2 aromatic carbocycles. The lowest BCUT2D eigenvalue weighted by Gasteiger charge is -2.13. The fourth-order valence-electron chi connectivity index (χ4n) is 3.96. The van der Waals surface area contributed by atoms with Gasteiger partial charge in [-0.25, -0.2) is 9.67 Å². The highest BCUT2D eigenvalue weighted by atomic mass is 15.3. The van der Waals surface area contributed by atoms with E-state index in [9.17, 15) is 0 Å². The highest BCUT2D eigenvalue weighted by molar-refractivity contribution is 5.65. The lowest BCUT2D eigenvalue weighted by molar-refractivity contribution is 0.878. The van der Waals surface area contributed by atoms with Crippen molar-refractivity contribution in [2.75, 3.05) is 0 Å². The molecular formula is C25H26N4. The average Bonchev–Trinajstić information content (AvgIpc) is 3.28. The Balaban J connectivity index is 1.84. The van der Waals surface area contributed by atoms with Crippen LogP contribution < -0.4 is 0 Å². The molecule has 4 aromatic rings. The topological polar surface area (TPSA) is 35.6 Å². The van der Waals surface area contributed by atoms with E-state index >= 15 is 0 Å². The summed E-state index contributed by atoms with van der Waals surface area (Å²) in [6, 6.07) is 14.7. The zero-order chi connectivity index (χ0) is 20.7. The van der Waals surface area contributed by atoms with Crippen molar-refractivity contribution in [3.05, 3.63) is 89.0 Å². The molecule has 0 spiro atoms. The van der Waals surface area contributed by atoms with E-state index in [1.54, 1.807) is 6.33 Å². The van der Waals surface area contributed by atoms with Gasteiger partial charge in [0, 0.05) is 22.6 Å². The van der Waals surface area contributed by atoms with Gasteiger partial charge in [0.15, 0.2) is 5.82 Å². The molecule has 0 saturated heterocycles. The van der Waals surface area contributed by atoms with E-state index in [2.05, 4.69) is 98.3 Å². The third-order valence-corrected chi connectivity index (χ3v) is 5.93. The molecule has 0 aliphatic carbocycles. The fourth-order valence-corrected chi connectivity index (χ4v) is 3.96. The summed E-state index contributed by atoms with van der Waals surface area (Å²) in [6.07, 6.45) is 3.47. The van der Waals surface area contributed by atoms with Crippen molar-refractivity contribution < 1.29 is 0 Å². The van der Waals surface area contributed by atoms with Crippen LogP contribution in [0.15, 0.2) is 55.4 Å². The second-order valence-electron chi connectivity index (χ2n) is 7.55. The quantitative estimate of drug-likeness (QED) is 0.440. The number of hydrogen-bond acceptors (Lipinski definition) is 2. The van der Waals surface area contributed by atoms with Gasteiger partial charge >= 0.3 is 0 Å². The molecular weight excluding hydrogens is 356 g/mol. The van der Waals surface area contributed by atoms with Gasteiger partial charge in [-0.15, -0.1) is 0 Å². The van der Waals surface area contributed by atoms with Gasteiger partial charge in [-0.3, -0.25) is 0 Å². The largest absolute Gasteiger partial charge is 0.318 e. The molecule has 0 aliphatic rings. The first kappa shape index (κ1) is 18.9. The van der Waals surface area contributed by atoms with Crippen LogP contribution in [0.5, 0.6) is 0 Å². The van der Waals surface area contributed by atoms with Crippen molar-refractivity contribution in [3.8, 4) is 22.8 Å². The fraction of sp³-hybridized carbons (Fsp3) is 0.200. The minimum absolute atomic E-state index is 0.837. The molecule has 0 atom stereocenters. The van der Waals surface area contributed by atoms with Crippen molar-refractivity contribution in [1.29, 1.82) is 0 Å². The Kier molecular flexibility index (Phi) is 4.71. The van der Waals surface area contributed by atoms with Crippen LogP contribution in [-0.2, 0) is 0 Å². The van der Waals surface area contributed by atoms with Gasteiger partial charge in [0.25, 0.3) is 0 Å². The standard InChI is InChI=1S/C25H26N4/c1-7-21-11-12-24(16(2)13-21)25-26-15-27-29(25)23-10-8-9-22(14-23)28-19(5)17(3)18(4)20(28)6/h7-15H,1H2,2-6H3. The molecule has 0 bridgehead atoms. The van der Waals surface area contributed by atoms with Crippen LogP contribution in [0.25, 0.3) is 28.8 Å². The van der Waals surface area contributed by atoms with E-state index in [1.165, 1.54) is 22.5 Å². The molecule has 146 valence electrons. The van der Waals surface area contributed by atoms with Crippen LogP contribution in [0.3, 0.4) is 0 Å². The third kappa shape index (κ3) is 3.11. The van der Waals surface area contributed by atoms with Gasteiger partial charge in [0.05, 0.1) is 5.69 Å². The Morgan fingerprint density at radius 2 is 1.55 bits per heavy atom. The maximum Gasteiger partial charge on any atom is 0.163 e. The second-order valence-corrected chi connectivity index (χ2v) is 7.55. The Labute approximate surface area is 172 Å². The molecule has 0 unspecified atom stereocenters. The molecule has 2 aromatic heterocycles. The molecule has 0 saturated carbocycles. The van der Waals surface area contributed by atoms with Gasteiger partial charge in [-0.1, -0.05) is 36.9 Å². The highest BCUT2D eigenvalue weighted by Gasteiger charge is 2.15. The van der Waals surface area contributed by atoms with Crippen molar-refractivity contribution in [3.63, 3.8) is 0 Å². The molecule has 0 N–H and O–H groups in total. The number of aryl methyl sites for hydroxylation is 1. The smallest absolute Gasteiger partial charge is 0.163 e. The van der Waals surface area contributed by atoms with E-state index in [0.29, 0.717) is 0 Å². The van der Waals surface area contributed by atoms with Crippen LogP contribution in [-0.4, -0.2) is 19.3 Å². The Hall–Kier alpha value is -3.40. The van der Waals surface area contributed by atoms with E-state index in [-0.39, 0.29) is 0 Å². The number of aromatic nitrogens is 4. The van der Waals surface area contributed by atoms with Gasteiger partial charge < -0.3 is 4.57 Å². The van der Waals surface area contributed by atoms with Crippen LogP contribution in [0.1, 0.15) is 33.6 Å². The van der Waals surface area contributed by atoms with Gasteiger partial charge in [0.2, 0.25) is 0 Å². The lowest BCUT2D eigenvalue weighted by Crippen LogP contribution is -2.04. The van der Waals surface area contributed by atoms with Gasteiger partial charge in [0.1, 0.15) is 6.33 Å². The highest BCUT2D eigenvalue weighted by Crippen LogP contribution is 2.28. The second kappa shape index (κ2) is 7.21. The van der Waals surface area contributed by atoms with E-state index in [4.69, 9.17) is 0 Å². The molecule has 29 heavy (non-hydrogen) atoms. The maximum absolute atomic E-state index is 4.55. The van der Waals surface area contributed by atoms with Gasteiger partial charge in [-0.2, -0.15) is 5.10 Å². The molecule has 0 aliphatic heterocycles. The minimum Gasteiger partial charge on any atom is -0.318 e. The predicted molar refractivity (Wildman–Crippen MR) is 120 cm³/mol. The zero-order valence-electron chi connectivity index (χ0n) is 17.7. The van der Waals surface area contributed by atoms with Crippen molar-refractivity contribution >= 4 is 6.08 Å². The van der Waals surface area contributed by atoms with Gasteiger partial charge in [-0.05, 0) is 75.1 Å².